The van der Waals surface area contributed by atoms with E-state index in [1.807, 2.05) is 24.3 Å². The van der Waals surface area contributed by atoms with Crippen molar-refractivity contribution in [3.63, 3.8) is 0 Å². The Labute approximate surface area is 183 Å². The van der Waals surface area contributed by atoms with Crippen molar-refractivity contribution in [3.8, 4) is 10.8 Å². The summed E-state index contributed by atoms with van der Waals surface area (Å²) in [4.78, 5) is 12.8. The molecule has 4 aromatic rings. The maximum atomic E-state index is 12.1. The van der Waals surface area contributed by atoms with E-state index in [0.29, 0.717) is 31.5 Å². The fourth-order valence-electron chi connectivity index (χ4n) is 2.41. The number of anilines is 1. The fraction of sp³-hybridized carbons (Fsp3) is 0.0556. The van der Waals surface area contributed by atoms with E-state index in [1.54, 1.807) is 18.2 Å². The van der Waals surface area contributed by atoms with Gasteiger partial charge in [-0.15, -0.1) is 21.5 Å². The summed E-state index contributed by atoms with van der Waals surface area (Å²) >= 11 is 20.9. The number of nitrogens with zero attached hydrogens (tertiary/aromatic N) is 2. The van der Waals surface area contributed by atoms with Gasteiger partial charge in [-0.3, -0.25) is 4.79 Å². The Hall–Kier alpha value is -1.77. The van der Waals surface area contributed by atoms with Crippen LogP contribution >= 0.6 is 57.9 Å². The van der Waals surface area contributed by atoms with Crippen LogP contribution in [-0.2, 0) is 4.79 Å². The number of nitrogens with one attached hydrogen (secondary N) is 1. The fourth-order valence-corrected chi connectivity index (χ4v) is 4.70. The van der Waals surface area contributed by atoms with Crippen LogP contribution in [0.15, 0.2) is 52.1 Å². The van der Waals surface area contributed by atoms with Gasteiger partial charge in [0.05, 0.1) is 20.8 Å². The Morgan fingerprint density at radius 3 is 2.71 bits per heavy atom. The lowest BCUT2D eigenvalue weighted by Crippen LogP contribution is -2.13. The number of fused-ring (bicyclic) bond motifs is 1. The lowest BCUT2D eigenvalue weighted by atomic mass is 10.2. The molecule has 2 aromatic heterocycles. The van der Waals surface area contributed by atoms with Crippen LogP contribution in [0.3, 0.4) is 0 Å². The van der Waals surface area contributed by atoms with Gasteiger partial charge >= 0.3 is 0 Å². The van der Waals surface area contributed by atoms with E-state index in [0.717, 1.165) is 21.8 Å². The topological polar surface area (TPSA) is 68.0 Å². The van der Waals surface area contributed by atoms with Crippen LogP contribution in [0.5, 0.6) is 0 Å². The lowest BCUT2D eigenvalue weighted by Gasteiger charge is -2.05. The lowest BCUT2D eigenvalue weighted by molar-refractivity contribution is -0.113. The molecule has 0 unspecified atom stereocenters. The summed E-state index contributed by atoms with van der Waals surface area (Å²) in [7, 11) is 0. The average molecular weight is 471 g/mol. The van der Waals surface area contributed by atoms with Crippen LogP contribution in [0, 0.1) is 0 Å². The third-order valence-electron chi connectivity index (χ3n) is 3.67. The van der Waals surface area contributed by atoms with Crippen LogP contribution in [0.25, 0.3) is 20.9 Å². The molecule has 0 bridgehead atoms. The summed E-state index contributed by atoms with van der Waals surface area (Å²) in [5, 5.41) is 13.4. The second kappa shape index (κ2) is 8.31. The molecular weight excluding hydrogens is 461 g/mol. The van der Waals surface area contributed by atoms with Crippen molar-refractivity contribution in [2.24, 2.45) is 0 Å². The number of carbonyl (C=O) groups is 1. The maximum Gasteiger partial charge on any atom is 0.277 e. The Balaban J connectivity index is 1.42. The minimum absolute atomic E-state index is 0.0992. The first-order valence-electron chi connectivity index (χ1n) is 7.90. The van der Waals surface area contributed by atoms with Crippen molar-refractivity contribution in [1.29, 1.82) is 0 Å². The van der Waals surface area contributed by atoms with E-state index < -0.39 is 0 Å². The standard InChI is InChI=1S/C18H10Cl3N3O2S2/c19-11-6-5-9(7-12(11)20)22-14(25)8-27-18-24-23-17(26-18)16-15(21)10-3-1-2-4-13(10)28-16/h1-7H,8H2,(H,22,25). The van der Waals surface area contributed by atoms with E-state index in [2.05, 4.69) is 15.5 Å². The molecule has 1 amide bonds. The first kappa shape index (κ1) is 19.5. The summed E-state index contributed by atoms with van der Waals surface area (Å²) in [5.41, 5.74) is 0.559. The molecule has 0 aliphatic heterocycles. The van der Waals surface area contributed by atoms with E-state index >= 15 is 0 Å². The summed E-state index contributed by atoms with van der Waals surface area (Å²) in [6, 6.07) is 12.7. The Morgan fingerprint density at radius 1 is 1.11 bits per heavy atom. The smallest absolute Gasteiger partial charge is 0.277 e. The van der Waals surface area contributed by atoms with Gasteiger partial charge in [0, 0.05) is 15.8 Å². The van der Waals surface area contributed by atoms with E-state index in [4.69, 9.17) is 39.2 Å². The molecule has 10 heteroatoms. The number of carbonyl (C=O) groups excluding carboxylic acids is 1. The Kier molecular flexibility index (Phi) is 5.80. The molecule has 0 spiro atoms. The van der Waals surface area contributed by atoms with Crippen LogP contribution in [-0.4, -0.2) is 21.9 Å². The second-order valence-electron chi connectivity index (χ2n) is 5.58. The molecule has 0 saturated heterocycles. The van der Waals surface area contributed by atoms with Crippen LogP contribution in [0.2, 0.25) is 15.1 Å². The molecular formula is C18H10Cl3N3O2S2. The highest BCUT2D eigenvalue weighted by Crippen LogP contribution is 2.41. The van der Waals surface area contributed by atoms with Crippen molar-refractivity contribution in [2.75, 3.05) is 11.1 Å². The average Bonchev–Trinajstić information content (AvgIpc) is 3.28. The molecule has 0 fully saturated rings. The molecule has 0 atom stereocenters. The van der Waals surface area contributed by atoms with Gasteiger partial charge in [0.15, 0.2) is 0 Å². The number of halogens is 3. The number of thioether (sulfide) groups is 1. The first-order valence-corrected chi connectivity index (χ1v) is 10.8. The van der Waals surface area contributed by atoms with Gasteiger partial charge in [-0.05, 0) is 24.3 Å². The zero-order valence-corrected chi connectivity index (χ0v) is 17.8. The quantitative estimate of drug-likeness (QED) is 0.331. The molecule has 0 radical (unpaired) electrons. The summed E-state index contributed by atoms with van der Waals surface area (Å²) in [6.07, 6.45) is 0. The molecule has 2 aromatic carbocycles. The molecule has 142 valence electrons. The van der Waals surface area contributed by atoms with Gasteiger partial charge in [0.25, 0.3) is 11.1 Å². The van der Waals surface area contributed by atoms with Crippen LogP contribution in [0.4, 0.5) is 5.69 Å². The third-order valence-corrected chi connectivity index (χ3v) is 6.89. The minimum atomic E-state index is -0.233. The van der Waals surface area contributed by atoms with Gasteiger partial charge in [-0.25, -0.2) is 0 Å². The van der Waals surface area contributed by atoms with Gasteiger partial charge in [-0.1, -0.05) is 64.8 Å². The van der Waals surface area contributed by atoms with E-state index in [-0.39, 0.29) is 16.9 Å². The van der Waals surface area contributed by atoms with Gasteiger partial charge in [0.2, 0.25) is 5.91 Å². The van der Waals surface area contributed by atoms with Gasteiger partial charge in [-0.2, -0.15) is 0 Å². The maximum absolute atomic E-state index is 12.1. The number of hydrogen-bond donors (Lipinski definition) is 1. The Bertz CT molecular complexity index is 1180. The predicted molar refractivity (Wildman–Crippen MR) is 116 cm³/mol. The molecule has 0 aliphatic carbocycles. The largest absolute Gasteiger partial charge is 0.410 e. The molecule has 2 heterocycles. The SMILES string of the molecule is O=C(CSc1nnc(-c2sc3ccccc3c2Cl)o1)Nc1ccc(Cl)c(Cl)c1. The first-order chi connectivity index (χ1) is 13.5. The molecule has 5 nitrogen and oxygen atoms in total. The van der Waals surface area contributed by atoms with Gasteiger partial charge in [0.1, 0.15) is 4.88 Å². The number of benzene rings is 2. The normalized spacial score (nSPS) is 11.1. The highest BCUT2D eigenvalue weighted by Gasteiger charge is 2.18. The summed E-state index contributed by atoms with van der Waals surface area (Å²) in [5.74, 6) is 0.198. The van der Waals surface area contributed by atoms with Crippen LogP contribution < -0.4 is 5.32 Å². The van der Waals surface area contributed by atoms with Crippen molar-refractivity contribution in [2.45, 2.75) is 5.22 Å². The highest BCUT2D eigenvalue weighted by molar-refractivity contribution is 7.99. The van der Waals surface area contributed by atoms with E-state index in [9.17, 15) is 4.79 Å². The number of rotatable bonds is 5. The monoisotopic (exact) mass is 469 g/mol. The zero-order chi connectivity index (χ0) is 19.7. The van der Waals surface area contributed by atoms with E-state index in [1.165, 1.54) is 11.3 Å². The molecule has 28 heavy (non-hydrogen) atoms. The Morgan fingerprint density at radius 2 is 1.93 bits per heavy atom. The molecule has 0 saturated carbocycles. The number of amides is 1. The summed E-state index contributed by atoms with van der Waals surface area (Å²) in [6.45, 7) is 0. The zero-order valence-electron chi connectivity index (χ0n) is 13.9. The van der Waals surface area contributed by atoms with Crippen LogP contribution in [0.1, 0.15) is 0 Å². The number of aromatic nitrogens is 2. The van der Waals surface area contributed by atoms with Crippen molar-refractivity contribution >= 4 is 79.6 Å². The molecule has 1 N–H and O–H groups in total. The second-order valence-corrected chi connectivity index (χ2v) is 8.75. The summed E-state index contributed by atoms with van der Waals surface area (Å²) < 4.78 is 6.70. The number of hydrogen-bond acceptors (Lipinski definition) is 6. The minimum Gasteiger partial charge on any atom is -0.410 e. The highest BCUT2D eigenvalue weighted by atomic mass is 35.5. The van der Waals surface area contributed by atoms with Gasteiger partial charge < -0.3 is 9.73 Å². The number of thiophene rings is 1. The predicted octanol–water partition coefficient (Wildman–Crippen LogP) is 6.64. The van der Waals surface area contributed by atoms with Crippen molar-refractivity contribution in [1.82, 2.24) is 10.2 Å². The third kappa shape index (κ3) is 4.14. The molecule has 4 rings (SSSR count). The molecule has 0 aliphatic rings. The van der Waals surface area contributed by atoms with Crippen molar-refractivity contribution < 1.29 is 9.21 Å². The van der Waals surface area contributed by atoms with Crippen molar-refractivity contribution in [3.05, 3.63) is 57.5 Å².